The number of para-hydroxylation sites is 1. The molecule has 1 unspecified atom stereocenters. The van der Waals surface area contributed by atoms with Crippen LogP contribution < -0.4 is 10.0 Å². The number of carbonyl (C=O) groups excluding carboxylic acids is 1. The second-order valence-corrected chi connectivity index (χ2v) is 8.42. The predicted molar refractivity (Wildman–Crippen MR) is 110 cm³/mol. The highest BCUT2D eigenvalue weighted by Crippen LogP contribution is 2.19. The molecule has 0 saturated carbocycles. The van der Waals surface area contributed by atoms with Crippen molar-refractivity contribution in [3.63, 3.8) is 0 Å². The first-order chi connectivity index (χ1) is 13.8. The topological polar surface area (TPSA) is 91.1 Å². The van der Waals surface area contributed by atoms with E-state index < -0.39 is 21.7 Å². The maximum absolute atomic E-state index is 13.7. The summed E-state index contributed by atoms with van der Waals surface area (Å²) >= 11 is 0. The molecule has 6 nitrogen and oxygen atoms in total. The highest BCUT2D eigenvalue weighted by Gasteiger charge is 2.20. The molecule has 1 heterocycles. The van der Waals surface area contributed by atoms with Gasteiger partial charge in [-0.25, -0.2) is 12.8 Å². The second kappa shape index (κ2) is 8.91. The fraction of sp³-hybridized carbons (Fsp3) is 0.190. The summed E-state index contributed by atoms with van der Waals surface area (Å²) in [7, 11) is -4.02. The summed E-state index contributed by atoms with van der Waals surface area (Å²) in [5.74, 6) is -1.09. The SMILES string of the molecule is CC(CCc1ccccc1)NC(=O)c1cc(S(=O)(=O)Nc2ccccc2F)c[nH]1. The largest absolute Gasteiger partial charge is 0.356 e. The van der Waals surface area contributed by atoms with Crippen LogP contribution in [0.3, 0.4) is 0 Å². The van der Waals surface area contributed by atoms with Gasteiger partial charge in [0.1, 0.15) is 16.4 Å². The number of aryl methyl sites for hydroxylation is 1. The van der Waals surface area contributed by atoms with Gasteiger partial charge in [-0.05, 0) is 43.5 Å². The lowest BCUT2D eigenvalue weighted by molar-refractivity contribution is 0.0934. The molecule has 1 aromatic heterocycles. The van der Waals surface area contributed by atoms with Crippen LogP contribution in [-0.4, -0.2) is 25.4 Å². The molecule has 152 valence electrons. The lowest BCUT2D eigenvalue weighted by Crippen LogP contribution is -2.33. The van der Waals surface area contributed by atoms with Gasteiger partial charge in [-0.1, -0.05) is 42.5 Å². The lowest BCUT2D eigenvalue weighted by atomic mass is 10.1. The first-order valence-electron chi connectivity index (χ1n) is 9.16. The molecule has 1 atom stereocenters. The summed E-state index contributed by atoms with van der Waals surface area (Å²) in [6.45, 7) is 1.89. The van der Waals surface area contributed by atoms with Crippen molar-refractivity contribution in [2.75, 3.05) is 4.72 Å². The monoisotopic (exact) mass is 415 g/mol. The molecule has 29 heavy (non-hydrogen) atoms. The van der Waals surface area contributed by atoms with E-state index in [0.717, 1.165) is 18.9 Å². The third kappa shape index (κ3) is 5.45. The van der Waals surface area contributed by atoms with Gasteiger partial charge in [-0.3, -0.25) is 9.52 Å². The summed E-state index contributed by atoms with van der Waals surface area (Å²) in [6, 6.07) is 16.5. The van der Waals surface area contributed by atoms with Crippen molar-refractivity contribution >= 4 is 21.6 Å². The molecule has 8 heteroatoms. The summed E-state index contributed by atoms with van der Waals surface area (Å²) in [5, 5.41) is 2.84. The molecule has 3 rings (SSSR count). The van der Waals surface area contributed by atoms with Gasteiger partial charge in [0.05, 0.1) is 5.69 Å². The lowest BCUT2D eigenvalue weighted by Gasteiger charge is -2.13. The zero-order valence-electron chi connectivity index (χ0n) is 15.9. The van der Waals surface area contributed by atoms with Gasteiger partial charge in [0.2, 0.25) is 0 Å². The van der Waals surface area contributed by atoms with Crippen LogP contribution in [0.25, 0.3) is 0 Å². The summed E-state index contributed by atoms with van der Waals surface area (Å²) in [6.07, 6.45) is 2.77. The zero-order valence-corrected chi connectivity index (χ0v) is 16.7. The first-order valence-corrected chi connectivity index (χ1v) is 10.6. The molecular weight excluding hydrogens is 393 g/mol. The fourth-order valence-electron chi connectivity index (χ4n) is 2.81. The Morgan fingerprint density at radius 2 is 1.79 bits per heavy atom. The molecule has 0 fully saturated rings. The number of nitrogens with one attached hydrogen (secondary N) is 3. The Morgan fingerprint density at radius 1 is 1.10 bits per heavy atom. The Balaban J connectivity index is 1.61. The summed E-state index contributed by atoms with van der Waals surface area (Å²) in [5.41, 5.74) is 1.14. The molecule has 0 bridgehead atoms. The number of carbonyl (C=O) groups is 1. The van der Waals surface area contributed by atoms with Crippen LogP contribution in [0.15, 0.2) is 71.8 Å². The minimum absolute atomic E-state index is 0.0948. The number of anilines is 1. The van der Waals surface area contributed by atoms with E-state index in [0.29, 0.717) is 0 Å². The van der Waals surface area contributed by atoms with Crippen molar-refractivity contribution in [1.29, 1.82) is 0 Å². The number of amides is 1. The van der Waals surface area contributed by atoms with Crippen LogP contribution in [0.4, 0.5) is 10.1 Å². The van der Waals surface area contributed by atoms with E-state index in [1.165, 1.54) is 36.0 Å². The van der Waals surface area contributed by atoms with Gasteiger partial charge >= 0.3 is 0 Å². The highest BCUT2D eigenvalue weighted by atomic mass is 32.2. The Labute approximate surface area is 169 Å². The normalized spacial score (nSPS) is 12.3. The number of H-pyrrole nitrogens is 1. The standard InChI is InChI=1S/C21H22FN3O3S/c1-15(11-12-16-7-3-2-4-8-16)24-21(26)20-13-17(14-23-20)29(27,28)25-19-10-6-5-9-18(19)22/h2-10,13-15,23,25H,11-12H2,1H3,(H,24,26). The predicted octanol–water partition coefficient (Wildman–Crippen LogP) is 3.71. The van der Waals surface area contributed by atoms with E-state index in [9.17, 15) is 17.6 Å². The van der Waals surface area contributed by atoms with Gasteiger partial charge < -0.3 is 10.3 Å². The van der Waals surface area contributed by atoms with Crippen molar-refractivity contribution in [3.05, 3.63) is 83.9 Å². The number of sulfonamides is 1. The molecule has 0 aliphatic rings. The molecule has 2 aromatic carbocycles. The molecule has 0 aliphatic heterocycles. The van der Waals surface area contributed by atoms with Gasteiger partial charge in [-0.15, -0.1) is 0 Å². The fourth-order valence-corrected chi connectivity index (χ4v) is 3.87. The van der Waals surface area contributed by atoms with Crippen molar-refractivity contribution in [2.24, 2.45) is 0 Å². The van der Waals surface area contributed by atoms with Crippen LogP contribution in [-0.2, 0) is 16.4 Å². The second-order valence-electron chi connectivity index (χ2n) is 6.73. The maximum Gasteiger partial charge on any atom is 0.267 e. The smallest absolute Gasteiger partial charge is 0.267 e. The van der Waals surface area contributed by atoms with Gasteiger partial charge in [0.15, 0.2) is 0 Å². The molecule has 0 spiro atoms. The average Bonchev–Trinajstić information content (AvgIpc) is 3.20. The van der Waals surface area contributed by atoms with E-state index in [2.05, 4.69) is 15.0 Å². The molecular formula is C21H22FN3O3S. The van der Waals surface area contributed by atoms with E-state index in [1.54, 1.807) is 0 Å². The Kier molecular flexibility index (Phi) is 6.33. The van der Waals surface area contributed by atoms with Gasteiger partial charge in [0, 0.05) is 12.2 Å². The molecule has 1 amide bonds. The summed E-state index contributed by atoms with van der Waals surface area (Å²) in [4.78, 5) is 14.9. The molecule has 3 N–H and O–H groups in total. The van der Waals surface area contributed by atoms with Gasteiger partial charge in [0.25, 0.3) is 15.9 Å². The number of aromatic nitrogens is 1. The highest BCUT2D eigenvalue weighted by molar-refractivity contribution is 7.92. The van der Waals surface area contributed by atoms with Crippen molar-refractivity contribution in [1.82, 2.24) is 10.3 Å². The first kappa shape index (κ1) is 20.6. The Hall–Kier alpha value is -3.13. The molecule has 0 aliphatic carbocycles. The van der Waals surface area contributed by atoms with Crippen LogP contribution in [0, 0.1) is 5.82 Å². The Morgan fingerprint density at radius 3 is 2.52 bits per heavy atom. The van der Waals surface area contributed by atoms with Crippen LogP contribution in [0.1, 0.15) is 29.4 Å². The van der Waals surface area contributed by atoms with Crippen molar-refractivity contribution in [3.8, 4) is 0 Å². The minimum Gasteiger partial charge on any atom is -0.356 e. The van der Waals surface area contributed by atoms with E-state index in [1.807, 2.05) is 37.3 Å². The molecule has 3 aromatic rings. The molecule has 0 saturated heterocycles. The summed E-state index contributed by atoms with van der Waals surface area (Å²) < 4.78 is 40.8. The number of halogens is 1. The van der Waals surface area contributed by atoms with Gasteiger partial charge in [-0.2, -0.15) is 0 Å². The van der Waals surface area contributed by atoms with E-state index in [4.69, 9.17) is 0 Å². The third-order valence-electron chi connectivity index (χ3n) is 4.42. The number of hydrogen-bond donors (Lipinski definition) is 3. The number of rotatable bonds is 8. The van der Waals surface area contributed by atoms with Crippen LogP contribution in [0.2, 0.25) is 0 Å². The minimum atomic E-state index is -4.02. The molecule has 0 radical (unpaired) electrons. The number of benzene rings is 2. The average molecular weight is 415 g/mol. The van der Waals surface area contributed by atoms with Crippen molar-refractivity contribution in [2.45, 2.75) is 30.7 Å². The van der Waals surface area contributed by atoms with Crippen LogP contribution in [0.5, 0.6) is 0 Å². The van der Waals surface area contributed by atoms with E-state index >= 15 is 0 Å². The number of aromatic amines is 1. The Bertz CT molecular complexity index is 1080. The maximum atomic E-state index is 13.7. The van der Waals surface area contributed by atoms with E-state index in [-0.39, 0.29) is 22.3 Å². The van der Waals surface area contributed by atoms with Crippen LogP contribution >= 0.6 is 0 Å². The quantitative estimate of drug-likeness (QED) is 0.524. The van der Waals surface area contributed by atoms with Crippen molar-refractivity contribution < 1.29 is 17.6 Å². The third-order valence-corrected chi connectivity index (χ3v) is 5.76. The number of hydrogen-bond acceptors (Lipinski definition) is 3. The zero-order chi connectivity index (χ0) is 20.9.